The van der Waals surface area contributed by atoms with Crippen molar-refractivity contribution < 1.29 is 19.4 Å². The molecule has 0 spiro atoms. The first-order valence-electron chi connectivity index (χ1n) is 12.4. The van der Waals surface area contributed by atoms with E-state index >= 15 is 0 Å². The van der Waals surface area contributed by atoms with E-state index in [0.29, 0.717) is 18.5 Å². The molecule has 1 fully saturated rings. The topological polar surface area (TPSA) is 93.6 Å². The predicted molar refractivity (Wildman–Crippen MR) is 148 cm³/mol. The summed E-state index contributed by atoms with van der Waals surface area (Å²) in [6, 6.07) is 25.0. The highest BCUT2D eigenvalue weighted by Crippen LogP contribution is 2.39. The smallest absolute Gasteiger partial charge is 0.251 e. The van der Waals surface area contributed by atoms with E-state index < -0.39 is 6.29 Å². The van der Waals surface area contributed by atoms with Crippen LogP contribution in [0.25, 0.3) is 0 Å². The van der Waals surface area contributed by atoms with E-state index in [0.717, 1.165) is 37.4 Å². The molecule has 3 aromatic carbocycles. The molecule has 0 radical (unpaired) electrons. The molecule has 0 aliphatic carbocycles. The highest BCUT2D eigenvalue weighted by atomic mass is 32.2. The standard InChI is InChI=1S/C29H29N3O4S2/c1-19-31-32-29(38-19)37-18-25-15-26(22-11-9-21(17-33)10-12-22)36-28(35-25)24-13-7-20(8-14-24)16-30-27(34)23-5-3-2-4-6-23/h2-14,25-26,28,33H,15-18H2,1H3,(H,30,34). The second-order valence-electron chi connectivity index (χ2n) is 9.04. The van der Waals surface area contributed by atoms with E-state index in [2.05, 4.69) is 15.5 Å². The second-order valence-corrected chi connectivity index (χ2v) is 11.5. The van der Waals surface area contributed by atoms with Crippen LogP contribution in [0.3, 0.4) is 0 Å². The summed E-state index contributed by atoms with van der Waals surface area (Å²) in [5.41, 5.74) is 4.47. The zero-order valence-corrected chi connectivity index (χ0v) is 22.6. The fourth-order valence-electron chi connectivity index (χ4n) is 4.19. The lowest BCUT2D eigenvalue weighted by Crippen LogP contribution is -2.31. The lowest BCUT2D eigenvalue weighted by Gasteiger charge is -2.36. The first-order valence-corrected chi connectivity index (χ1v) is 14.2. The molecule has 3 atom stereocenters. The largest absolute Gasteiger partial charge is 0.392 e. The van der Waals surface area contributed by atoms with Gasteiger partial charge in [-0.25, -0.2) is 0 Å². The third kappa shape index (κ3) is 6.86. The number of nitrogens with zero attached hydrogens (tertiary/aromatic N) is 2. The van der Waals surface area contributed by atoms with Gasteiger partial charge < -0.3 is 19.9 Å². The summed E-state index contributed by atoms with van der Waals surface area (Å²) in [6.45, 7) is 2.39. The fraction of sp³-hybridized carbons (Fsp3) is 0.276. The van der Waals surface area contributed by atoms with Crippen molar-refractivity contribution in [1.82, 2.24) is 15.5 Å². The molecule has 4 aromatic rings. The first kappa shape index (κ1) is 26.5. The number of aliphatic hydroxyl groups excluding tert-OH is 1. The molecule has 38 heavy (non-hydrogen) atoms. The number of rotatable bonds is 9. The summed E-state index contributed by atoms with van der Waals surface area (Å²) in [5.74, 6) is 0.637. The normalized spacial score (nSPS) is 19.3. The number of nitrogens with one attached hydrogen (secondary N) is 1. The molecule has 7 nitrogen and oxygen atoms in total. The number of hydrogen-bond donors (Lipinski definition) is 2. The fourth-order valence-corrected chi connectivity index (χ4v) is 6.05. The molecule has 2 N–H and O–H groups in total. The first-order chi connectivity index (χ1) is 18.6. The summed E-state index contributed by atoms with van der Waals surface area (Å²) >= 11 is 3.23. The van der Waals surface area contributed by atoms with Crippen molar-refractivity contribution >= 4 is 29.0 Å². The summed E-state index contributed by atoms with van der Waals surface area (Å²) in [4.78, 5) is 12.4. The average molecular weight is 548 g/mol. The van der Waals surface area contributed by atoms with Crippen LogP contribution in [-0.4, -0.2) is 33.1 Å². The van der Waals surface area contributed by atoms with Gasteiger partial charge in [0.05, 0.1) is 18.8 Å². The Morgan fingerprint density at radius 1 is 0.974 bits per heavy atom. The Balaban J connectivity index is 1.27. The monoisotopic (exact) mass is 547 g/mol. The van der Waals surface area contributed by atoms with Gasteiger partial charge in [-0.15, -0.1) is 10.2 Å². The highest BCUT2D eigenvalue weighted by molar-refractivity contribution is 8.01. The van der Waals surface area contributed by atoms with E-state index in [1.807, 2.05) is 73.7 Å². The summed E-state index contributed by atoms with van der Waals surface area (Å²) in [7, 11) is 0. The van der Waals surface area contributed by atoms with Crippen LogP contribution in [0.5, 0.6) is 0 Å². The molecule has 3 unspecified atom stereocenters. The van der Waals surface area contributed by atoms with Gasteiger partial charge in [0.2, 0.25) is 0 Å². The molecule has 1 aromatic heterocycles. The van der Waals surface area contributed by atoms with Gasteiger partial charge in [-0.3, -0.25) is 4.79 Å². The average Bonchev–Trinajstić information content (AvgIpc) is 3.40. The summed E-state index contributed by atoms with van der Waals surface area (Å²) in [6.07, 6.45) is -0.00650. The minimum absolute atomic E-state index is 0.0101. The molecular formula is C29H29N3O4S2. The molecule has 196 valence electrons. The van der Waals surface area contributed by atoms with Crippen molar-refractivity contribution in [3.05, 3.63) is 112 Å². The molecular weight excluding hydrogens is 518 g/mol. The molecule has 5 rings (SSSR count). The quantitative estimate of drug-likeness (QED) is 0.263. The van der Waals surface area contributed by atoms with Crippen molar-refractivity contribution in [2.45, 2.75) is 49.3 Å². The van der Waals surface area contributed by atoms with Crippen LogP contribution in [0.4, 0.5) is 0 Å². The van der Waals surface area contributed by atoms with Crippen molar-refractivity contribution in [2.75, 3.05) is 5.75 Å². The van der Waals surface area contributed by atoms with E-state index in [1.54, 1.807) is 35.2 Å². The number of aromatic nitrogens is 2. The maximum atomic E-state index is 12.4. The van der Waals surface area contributed by atoms with Crippen molar-refractivity contribution in [2.24, 2.45) is 0 Å². The number of carbonyl (C=O) groups excluding carboxylic acids is 1. The number of hydrogen-bond acceptors (Lipinski definition) is 8. The van der Waals surface area contributed by atoms with Gasteiger partial charge in [-0.05, 0) is 35.7 Å². The third-order valence-electron chi connectivity index (χ3n) is 6.26. The lowest BCUT2D eigenvalue weighted by atomic mass is 10.0. The van der Waals surface area contributed by atoms with Crippen LogP contribution in [0.15, 0.2) is 83.2 Å². The molecule has 2 heterocycles. The van der Waals surface area contributed by atoms with Crippen molar-refractivity contribution in [3.63, 3.8) is 0 Å². The number of amides is 1. The predicted octanol–water partition coefficient (Wildman–Crippen LogP) is 5.61. The molecule has 1 amide bonds. The Morgan fingerprint density at radius 2 is 1.68 bits per heavy atom. The zero-order chi connectivity index (χ0) is 26.3. The summed E-state index contributed by atoms with van der Waals surface area (Å²) < 4.78 is 13.8. The number of ether oxygens (including phenoxy) is 2. The Bertz CT molecular complexity index is 1330. The van der Waals surface area contributed by atoms with Gasteiger partial charge in [-0.1, -0.05) is 89.8 Å². The Kier molecular flexibility index (Phi) is 8.83. The minimum Gasteiger partial charge on any atom is -0.392 e. The van der Waals surface area contributed by atoms with Gasteiger partial charge in [0.15, 0.2) is 10.6 Å². The van der Waals surface area contributed by atoms with Crippen LogP contribution in [-0.2, 0) is 22.6 Å². The number of aryl methyl sites for hydroxylation is 1. The number of thioether (sulfide) groups is 1. The molecule has 0 saturated carbocycles. The van der Waals surface area contributed by atoms with Crippen LogP contribution < -0.4 is 5.32 Å². The molecule has 1 aliphatic rings. The van der Waals surface area contributed by atoms with E-state index in [1.165, 1.54) is 0 Å². The van der Waals surface area contributed by atoms with Crippen molar-refractivity contribution in [1.29, 1.82) is 0 Å². The minimum atomic E-state index is -0.527. The second kappa shape index (κ2) is 12.6. The molecule has 0 bridgehead atoms. The van der Waals surface area contributed by atoms with Crippen LogP contribution >= 0.6 is 23.1 Å². The van der Waals surface area contributed by atoms with Gasteiger partial charge in [-0.2, -0.15) is 0 Å². The van der Waals surface area contributed by atoms with E-state index in [9.17, 15) is 9.90 Å². The third-order valence-corrected chi connectivity index (χ3v) is 8.36. The number of carbonyl (C=O) groups is 1. The van der Waals surface area contributed by atoms with Gasteiger partial charge in [0, 0.05) is 29.8 Å². The number of benzene rings is 3. The molecule has 1 saturated heterocycles. The Morgan fingerprint density at radius 3 is 2.37 bits per heavy atom. The number of aliphatic hydroxyl groups is 1. The van der Waals surface area contributed by atoms with Crippen molar-refractivity contribution in [3.8, 4) is 0 Å². The van der Waals surface area contributed by atoms with Gasteiger partial charge in [0.25, 0.3) is 5.91 Å². The zero-order valence-electron chi connectivity index (χ0n) is 20.9. The van der Waals surface area contributed by atoms with Crippen LogP contribution in [0.2, 0.25) is 0 Å². The highest BCUT2D eigenvalue weighted by Gasteiger charge is 2.32. The molecule has 9 heteroatoms. The Hall–Kier alpha value is -3.08. The summed E-state index contributed by atoms with van der Waals surface area (Å²) in [5, 5.41) is 21.7. The van der Waals surface area contributed by atoms with Gasteiger partial charge >= 0.3 is 0 Å². The van der Waals surface area contributed by atoms with E-state index in [4.69, 9.17) is 9.47 Å². The van der Waals surface area contributed by atoms with Gasteiger partial charge in [0.1, 0.15) is 5.01 Å². The maximum Gasteiger partial charge on any atom is 0.251 e. The Labute approximate surface area is 230 Å². The van der Waals surface area contributed by atoms with Crippen LogP contribution in [0.1, 0.15) is 56.4 Å². The van der Waals surface area contributed by atoms with E-state index in [-0.39, 0.29) is 24.7 Å². The SMILES string of the molecule is Cc1nnc(SCC2CC(c3ccc(CO)cc3)OC(c3ccc(CNC(=O)c4ccccc4)cc3)O2)s1. The van der Waals surface area contributed by atoms with Crippen LogP contribution in [0, 0.1) is 6.92 Å². The molecule has 1 aliphatic heterocycles. The lowest BCUT2D eigenvalue weighted by molar-refractivity contribution is -0.245. The maximum absolute atomic E-state index is 12.4.